The highest BCUT2D eigenvalue weighted by Gasteiger charge is 2.45. The summed E-state index contributed by atoms with van der Waals surface area (Å²) in [5, 5.41) is 7.42. The molecule has 1 aliphatic carbocycles. The Balaban J connectivity index is 2.09. The Morgan fingerprint density at radius 2 is 2.00 bits per heavy atom. The number of hydrogen-bond donors (Lipinski definition) is 1. The summed E-state index contributed by atoms with van der Waals surface area (Å²) < 4.78 is 40.9. The van der Waals surface area contributed by atoms with E-state index in [1.807, 2.05) is 27.1 Å². The maximum absolute atomic E-state index is 13.1. The lowest BCUT2D eigenvalue weighted by molar-refractivity contribution is -0.189. The highest BCUT2D eigenvalue weighted by atomic mass is 19.4. The molecule has 1 aliphatic rings. The average Bonchev–Trinajstić information content (AvgIpc) is 2.68. The van der Waals surface area contributed by atoms with Crippen LogP contribution in [0.2, 0.25) is 0 Å². The van der Waals surface area contributed by atoms with E-state index >= 15 is 0 Å². The minimum atomic E-state index is -4.11. The van der Waals surface area contributed by atoms with Crippen molar-refractivity contribution in [1.82, 2.24) is 15.1 Å². The Hall–Kier alpha value is -1.04. The molecule has 3 nitrogen and oxygen atoms in total. The molecule has 0 aliphatic heterocycles. The third-order valence-corrected chi connectivity index (χ3v) is 4.17. The van der Waals surface area contributed by atoms with Gasteiger partial charge in [-0.2, -0.15) is 18.3 Å². The summed E-state index contributed by atoms with van der Waals surface area (Å²) in [6, 6.07) is -0.602. The Morgan fingerprint density at radius 1 is 1.35 bits per heavy atom. The molecule has 3 atom stereocenters. The van der Waals surface area contributed by atoms with Gasteiger partial charge in [-0.3, -0.25) is 4.68 Å². The molecule has 1 fully saturated rings. The summed E-state index contributed by atoms with van der Waals surface area (Å²) in [4.78, 5) is 0. The first kappa shape index (κ1) is 15.4. The molecule has 3 unspecified atom stereocenters. The van der Waals surface area contributed by atoms with Crippen LogP contribution in [0, 0.1) is 12.8 Å². The maximum Gasteiger partial charge on any atom is 0.393 e. The fourth-order valence-corrected chi connectivity index (χ4v) is 3.18. The molecule has 20 heavy (non-hydrogen) atoms. The van der Waals surface area contributed by atoms with Gasteiger partial charge in [-0.1, -0.05) is 12.8 Å². The van der Waals surface area contributed by atoms with Gasteiger partial charge >= 0.3 is 6.18 Å². The zero-order chi connectivity index (χ0) is 14.9. The van der Waals surface area contributed by atoms with Crippen molar-refractivity contribution in [3.63, 3.8) is 0 Å². The number of rotatable bonds is 3. The van der Waals surface area contributed by atoms with Crippen LogP contribution >= 0.6 is 0 Å². The summed E-state index contributed by atoms with van der Waals surface area (Å²) in [6.07, 6.45) is 0.125. The monoisotopic (exact) mass is 289 g/mol. The normalized spacial score (nSPS) is 25.7. The smallest absolute Gasteiger partial charge is 0.307 e. The minimum Gasteiger partial charge on any atom is -0.307 e. The minimum absolute atomic E-state index is 0.114. The van der Waals surface area contributed by atoms with E-state index < -0.39 is 18.1 Å². The number of aryl methyl sites for hydroxylation is 2. The van der Waals surface area contributed by atoms with Gasteiger partial charge in [-0.15, -0.1) is 0 Å². The highest BCUT2D eigenvalue weighted by molar-refractivity contribution is 5.19. The molecular weight excluding hydrogens is 267 g/mol. The van der Waals surface area contributed by atoms with E-state index in [4.69, 9.17) is 0 Å². The Morgan fingerprint density at radius 3 is 2.55 bits per heavy atom. The summed E-state index contributed by atoms with van der Waals surface area (Å²) >= 11 is 0. The van der Waals surface area contributed by atoms with Crippen LogP contribution in [0.15, 0.2) is 6.20 Å². The van der Waals surface area contributed by atoms with Gasteiger partial charge < -0.3 is 5.32 Å². The fraction of sp³-hybridized carbons (Fsp3) is 0.786. The fourth-order valence-electron chi connectivity index (χ4n) is 3.18. The van der Waals surface area contributed by atoms with E-state index in [2.05, 4.69) is 10.4 Å². The van der Waals surface area contributed by atoms with Gasteiger partial charge in [0, 0.05) is 30.9 Å². The number of aromatic nitrogens is 2. The van der Waals surface area contributed by atoms with Crippen LogP contribution in [0.1, 0.15) is 49.9 Å². The lowest BCUT2D eigenvalue weighted by atomic mass is 9.83. The van der Waals surface area contributed by atoms with Crippen molar-refractivity contribution in [3.8, 4) is 0 Å². The van der Waals surface area contributed by atoms with Crippen LogP contribution in [-0.4, -0.2) is 22.0 Å². The van der Waals surface area contributed by atoms with Gasteiger partial charge in [0.1, 0.15) is 0 Å². The number of nitrogens with zero attached hydrogens (tertiary/aromatic N) is 2. The molecule has 0 saturated heterocycles. The molecule has 6 heteroatoms. The lowest BCUT2D eigenvalue weighted by Crippen LogP contribution is -2.46. The molecule has 1 N–H and O–H groups in total. The van der Waals surface area contributed by atoms with Crippen LogP contribution in [0.3, 0.4) is 0 Å². The molecule has 2 rings (SSSR count). The second kappa shape index (κ2) is 5.76. The third kappa shape index (κ3) is 3.34. The summed E-state index contributed by atoms with van der Waals surface area (Å²) in [7, 11) is 1.82. The summed E-state index contributed by atoms with van der Waals surface area (Å²) in [6.45, 7) is 3.79. The first-order valence-electron chi connectivity index (χ1n) is 7.12. The van der Waals surface area contributed by atoms with Gasteiger partial charge in [0.15, 0.2) is 0 Å². The Bertz CT molecular complexity index is 453. The molecule has 1 heterocycles. The highest BCUT2D eigenvalue weighted by Crippen LogP contribution is 2.38. The molecule has 0 radical (unpaired) electrons. The molecule has 0 spiro atoms. The molecular formula is C14H22F3N3. The largest absolute Gasteiger partial charge is 0.393 e. The van der Waals surface area contributed by atoms with E-state index in [1.54, 1.807) is 4.68 Å². The Labute approximate surface area is 117 Å². The second-order valence-electron chi connectivity index (χ2n) is 5.77. The number of nitrogens with one attached hydrogen (secondary N) is 1. The lowest BCUT2D eigenvalue weighted by Gasteiger charge is -2.35. The van der Waals surface area contributed by atoms with Crippen molar-refractivity contribution in [3.05, 3.63) is 17.5 Å². The van der Waals surface area contributed by atoms with E-state index in [0.717, 1.165) is 17.7 Å². The summed E-state index contributed by atoms with van der Waals surface area (Å²) in [5.74, 6) is -1.23. The van der Waals surface area contributed by atoms with Crippen LogP contribution in [0.4, 0.5) is 13.2 Å². The van der Waals surface area contributed by atoms with Crippen molar-refractivity contribution in [2.24, 2.45) is 13.0 Å². The van der Waals surface area contributed by atoms with Gasteiger partial charge in [0.2, 0.25) is 0 Å². The van der Waals surface area contributed by atoms with Crippen LogP contribution < -0.4 is 5.32 Å². The molecule has 0 aromatic carbocycles. The summed E-state index contributed by atoms with van der Waals surface area (Å²) in [5.41, 5.74) is 1.84. The quantitative estimate of drug-likeness (QED) is 0.923. The van der Waals surface area contributed by atoms with Gasteiger partial charge in [0.05, 0.1) is 11.6 Å². The molecule has 0 bridgehead atoms. The van der Waals surface area contributed by atoms with E-state index in [0.29, 0.717) is 12.8 Å². The van der Waals surface area contributed by atoms with E-state index in [-0.39, 0.29) is 12.5 Å². The zero-order valence-corrected chi connectivity index (χ0v) is 12.2. The molecule has 0 amide bonds. The van der Waals surface area contributed by atoms with E-state index in [9.17, 15) is 13.2 Å². The molecule has 1 aromatic heterocycles. The average molecular weight is 289 g/mol. The Kier molecular flexibility index (Phi) is 4.42. The first-order chi connectivity index (χ1) is 9.29. The topological polar surface area (TPSA) is 29.9 Å². The predicted molar refractivity (Wildman–Crippen MR) is 71.3 cm³/mol. The predicted octanol–water partition coefficient (Wildman–Crippen LogP) is 3.50. The SMILES string of the molecule is Cc1nn(C)cc1C(C)NC1CCCCC1C(F)(F)F. The molecule has 1 saturated carbocycles. The number of alkyl halides is 3. The van der Waals surface area contributed by atoms with Crippen LogP contribution in [0.25, 0.3) is 0 Å². The van der Waals surface area contributed by atoms with Crippen molar-refractivity contribution in [2.45, 2.75) is 57.8 Å². The van der Waals surface area contributed by atoms with Crippen molar-refractivity contribution < 1.29 is 13.2 Å². The van der Waals surface area contributed by atoms with Crippen molar-refractivity contribution in [1.29, 1.82) is 0 Å². The van der Waals surface area contributed by atoms with Gasteiger partial charge in [0.25, 0.3) is 0 Å². The molecule has 1 aromatic rings. The standard InChI is InChI=1S/C14H22F3N3/c1-9(11-8-20(3)19-10(11)2)18-13-7-5-4-6-12(13)14(15,16)17/h8-9,12-13,18H,4-7H2,1-3H3. The third-order valence-electron chi connectivity index (χ3n) is 4.17. The van der Waals surface area contributed by atoms with Crippen molar-refractivity contribution in [2.75, 3.05) is 0 Å². The first-order valence-corrected chi connectivity index (χ1v) is 7.12. The maximum atomic E-state index is 13.1. The van der Waals surface area contributed by atoms with Crippen molar-refractivity contribution >= 4 is 0 Å². The number of halogens is 3. The van der Waals surface area contributed by atoms with Gasteiger partial charge in [-0.05, 0) is 26.7 Å². The molecule has 114 valence electrons. The second-order valence-corrected chi connectivity index (χ2v) is 5.77. The van der Waals surface area contributed by atoms with Gasteiger partial charge in [-0.25, -0.2) is 0 Å². The zero-order valence-electron chi connectivity index (χ0n) is 12.2. The van der Waals surface area contributed by atoms with E-state index in [1.165, 1.54) is 0 Å². The number of hydrogen-bond acceptors (Lipinski definition) is 2. The van der Waals surface area contributed by atoms with Crippen LogP contribution in [-0.2, 0) is 7.05 Å². The van der Waals surface area contributed by atoms with Crippen LogP contribution in [0.5, 0.6) is 0 Å².